The van der Waals surface area contributed by atoms with Gasteiger partial charge in [-0.2, -0.15) is 5.26 Å². The standard InChI is InChI=1S/C15H14N2O2S.C10H12N4O3/c1-10-6-11(2)8-12(7-10)20(18,19)15-5-3-4-14(17)13(15)9-16;15-3-6-1-2-7(17-6)14-5-13-8-9(14)11-4-12-10(8)16/h3-8H,17H2,1-2H3;4-7,15H,1-3H2,(H,11,12,16)/t;6-,7+/m.0/s1. The fourth-order valence-corrected chi connectivity index (χ4v) is 5.83. The summed E-state index contributed by atoms with van der Waals surface area (Å²) in [6.45, 7) is 3.67. The van der Waals surface area contributed by atoms with Gasteiger partial charge in [-0.15, -0.1) is 0 Å². The van der Waals surface area contributed by atoms with Crippen molar-refractivity contribution in [1.29, 1.82) is 5.26 Å². The Hall–Kier alpha value is -4.05. The molecule has 2 aromatic heterocycles. The maximum absolute atomic E-state index is 12.7. The predicted molar refractivity (Wildman–Crippen MR) is 135 cm³/mol. The first-order valence-electron chi connectivity index (χ1n) is 11.4. The number of aryl methyl sites for hydroxylation is 2. The summed E-state index contributed by atoms with van der Waals surface area (Å²) >= 11 is 0. The largest absolute Gasteiger partial charge is 0.398 e. The monoisotopic (exact) mass is 522 g/mol. The average molecular weight is 523 g/mol. The Kier molecular flexibility index (Phi) is 7.40. The van der Waals surface area contributed by atoms with Crippen LogP contribution in [0.1, 0.15) is 35.8 Å². The Morgan fingerprint density at radius 3 is 2.59 bits per heavy atom. The highest BCUT2D eigenvalue weighted by Crippen LogP contribution is 2.30. The van der Waals surface area contributed by atoms with Crippen molar-refractivity contribution < 1.29 is 18.3 Å². The summed E-state index contributed by atoms with van der Waals surface area (Å²) in [6.07, 6.45) is 4.14. The van der Waals surface area contributed by atoms with Crippen LogP contribution in [0.5, 0.6) is 0 Å². The average Bonchev–Trinajstić information content (AvgIpc) is 3.51. The van der Waals surface area contributed by atoms with Crippen LogP contribution in [0.2, 0.25) is 0 Å². The number of hydrogen-bond donors (Lipinski definition) is 3. The second-order valence-corrected chi connectivity index (χ2v) is 10.6. The number of benzene rings is 2. The van der Waals surface area contributed by atoms with E-state index in [1.165, 1.54) is 24.5 Å². The van der Waals surface area contributed by atoms with Crippen LogP contribution >= 0.6 is 0 Å². The minimum Gasteiger partial charge on any atom is -0.398 e. The van der Waals surface area contributed by atoms with Gasteiger partial charge in [-0.1, -0.05) is 12.1 Å². The molecule has 0 amide bonds. The molecule has 12 heteroatoms. The number of nitrogen functional groups attached to an aromatic ring is 1. The molecule has 1 saturated heterocycles. The number of nitrogens with zero attached hydrogens (tertiary/aromatic N) is 4. The topological polar surface area (TPSA) is 177 Å². The summed E-state index contributed by atoms with van der Waals surface area (Å²) < 4.78 is 32.7. The molecule has 0 radical (unpaired) electrons. The highest BCUT2D eigenvalue weighted by molar-refractivity contribution is 7.91. The van der Waals surface area contributed by atoms with Gasteiger partial charge >= 0.3 is 0 Å². The number of H-pyrrole nitrogens is 1. The number of nitrogens with two attached hydrogens (primary N) is 1. The van der Waals surface area contributed by atoms with Crippen molar-refractivity contribution in [1.82, 2.24) is 19.5 Å². The molecule has 1 aliphatic rings. The zero-order chi connectivity index (χ0) is 26.7. The second kappa shape index (κ2) is 10.5. The predicted octanol–water partition coefficient (Wildman–Crippen LogP) is 2.38. The fraction of sp³-hybridized carbons (Fsp3) is 0.280. The van der Waals surface area contributed by atoms with Crippen LogP contribution < -0.4 is 11.3 Å². The number of rotatable bonds is 4. The molecule has 37 heavy (non-hydrogen) atoms. The molecule has 0 unspecified atom stereocenters. The molecule has 0 bridgehead atoms. The maximum atomic E-state index is 12.7. The Bertz CT molecular complexity index is 1630. The van der Waals surface area contributed by atoms with Crippen LogP contribution in [0.15, 0.2) is 63.6 Å². The molecule has 3 heterocycles. The fourth-order valence-electron chi connectivity index (χ4n) is 4.21. The Morgan fingerprint density at radius 1 is 1.22 bits per heavy atom. The van der Waals surface area contributed by atoms with Crippen LogP contribution in [0.4, 0.5) is 5.69 Å². The van der Waals surface area contributed by atoms with Crippen LogP contribution in [0.3, 0.4) is 0 Å². The lowest BCUT2D eigenvalue weighted by Gasteiger charge is -2.13. The number of aliphatic hydroxyl groups is 1. The van der Waals surface area contributed by atoms with E-state index in [0.29, 0.717) is 11.2 Å². The molecule has 0 aliphatic carbocycles. The van der Waals surface area contributed by atoms with Crippen molar-refractivity contribution in [3.05, 3.63) is 76.1 Å². The molecule has 2 atom stereocenters. The maximum Gasteiger partial charge on any atom is 0.278 e. The zero-order valence-electron chi connectivity index (χ0n) is 20.2. The van der Waals surface area contributed by atoms with Crippen molar-refractivity contribution >= 4 is 26.7 Å². The molecule has 192 valence electrons. The number of hydrogen-bond acceptors (Lipinski definition) is 9. The van der Waals surface area contributed by atoms with Gasteiger partial charge in [0.1, 0.15) is 12.3 Å². The Balaban J connectivity index is 0.000000175. The highest BCUT2D eigenvalue weighted by atomic mass is 32.2. The number of ether oxygens (including phenoxy) is 1. The lowest BCUT2D eigenvalue weighted by molar-refractivity contribution is -0.0207. The summed E-state index contributed by atoms with van der Waals surface area (Å²) in [5.41, 5.74) is 8.10. The first-order valence-corrected chi connectivity index (χ1v) is 12.9. The second-order valence-electron chi connectivity index (χ2n) is 8.69. The number of nitriles is 1. The molecule has 11 nitrogen and oxygen atoms in total. The number of aromatic nitrogens is 4. The van der Waals surface area contributed by atoms with Gasteiger partial charge in [0, 0.05) is 0 Å². The summed E-state index contributed by atoms with van der Waals surface area (Å²) in [5, 5.41) is 18.1. The third-order valence-electron chi connectivity index (χ3n) is 5.93. The normalized spacial score (nSPS) is 17.2. The molecule has 1 fully saturated rings. The van der Waals surface area contributed by atoms with E-state index < -0.39 is 9.84 Å². The molecular formula is C25H26N6O5S. The smallest absolute Gasteiger partial charge is 0.278 e. The number of aromatic amines is 1. The summed E-state index contributed by atoms with van der Waals surface area (Å²) in [4.78, 5) is 22.2. The van der Waals surface area contributed by atoms with Crippen LogP contribution in [-0.2, 0) is 14.6 Å². The Labute approximate surface area is 213 Å². The number of sulfone groups is 1. The van der Waals surface area contributed by atoms with E-state index in [9.17, 15) is 13.2 Å². The van der Waals surface area contributed by atoms with E-state index in [1.54, 1.807) is 23.0 Å². The molecular weight excluding hydrogens is 496 g/mol. The van der Waals surface area contributed by atoms with Gasteiger partial charge in [0.15, 0.2) is 11.2 Å². The lowest BCUT2D eigenvalue weighted by Crippen LogP contribution is -2.14. The van der Waals surface area contributed by atoms with E-state index in [1.807, 2.05) is 26.0 Å². The molecule has 2 aromatic carbocycles. The molecule has 0 saturated carbocycles. The third-order valence-corrected chi connectivity index (χ3v) is 7.71. The Morgan fingerprint density at radius 2 is 1.95 bits per heavy atom. The number of aliphatic hydroxyl groups excluding tert-OH is 1. The van der Waals surface area contributed by atoms with E-state index in [2.05, 4.69) is 15.0 Å². The number of nitrogens with one attached hydrogen (secondary N) is 1. The van der Waals surface area contributed by atoms with E-state index in [0.717, 1.165) is 24.0 Å². The van der Waals surface area contributed by atoms with E-state index in [4.69, 9.17) is 20.8 Å². The summed E-state index contributed by atoms with van der Waals surface area (Å²) in [5.74, 6) is 0. The van der Waals surface area contributed by atoms with Crippen LogP contribution in [0.25, 0.3) is 11.2 Å². The number of fused-ring (bicyclic) bond motifs is 1. The van der Waals surface area contributed by atoms with Crippen molar-refractivity contribution in [3.63, 3.8) is 0 Å². The molecule has 4 N–H and O–H groups in total. The minimum absolute atomic E-state index is 0.00772. The van der Waals surface area contributed by atoms with Crippen molar-refractivity contribution in [2.24, 2.45) is 0 Å². The van der Waals surface area contributed by atoms with Crippen LogP contribution in [-0.4, -0.2) is 45.8 Å². The summed E-state index contributed by atoms with van der Waals surface area (Å²) in [6, 6.07) is 11.4. The van der Waals surface area contributed by atoms with Gasteiger partial charge in [-0.05, 0) is 62.1 Å². The van der Waals surface area contributed by atoms with Crippen molar-refractivity contribution in [3.8, 4) is 6.07 Å². The quantitative estimate of drug-likeness (QED) is 0.339. The first kappa shape index (κ1) is 26.0. The number of imidazole rings is 1. The van der Waals surface area contributed by atoms with E-state index in [-0.39, 0.29) is 45.5 Å². The van der Waals surface area contributed by atoms with Crippen molar-refractivity contribution in [2.75, 3.05) is 12.3 Å². The first-order chi connectivity index (χ1) is 17.6. The molecule has 5 rings (SSSR count). The van der Waals surface area contributed by atoms with Gasteiger partial charge in [-0.25, -0.2) is 18.4 Å². The summed E-state index contributed by atoms with van der Waals surface area (Å²) in [7, 11) is -3.75. The van der Waals surface area contributed by atoms with Crippen molar-refractivity contribution in [2.45, 2.75) is 48.8 Å². The van der Waals surface area contributed by atoms with Gasteiger partial charge in [-0.3, -0.25) is 9.36 Å². The van der Waals surface area contributed by atoms with Gasteiger partial charge in [0.05, 0.1) is 46.4 Å². The molecule has 1 aliphatic heterocycles. The van der Waals surface area contributed by atoms with Gasteiger partial charge in [0.2, 0.25) is 9.84 Å². The third kappa shape index (κ3) is 5.24. The van der Waals surface area contributed by atoms with E-state index >= 15 is 0 Å². The van der Waals surface area contributed by atoms with Gasteiger partial charge in [0.25, 0.3) is 5.56 Å². The SMILES string of the molecule is Cc1cc(C)cc(S(=O)(=O)c2cccc(N)c2C#N)c1.O=c1[nH]cnc2c1ncn2[C@H]1CC[C@@H](CO)O1. The highest BCUT2D eigenvalue weighted by Gasteiger charge is 2.27. The number of anilines is 1. The van der Waals surface area contributed by atoms with Crippen LogP contribution in [0, 0.1) is 25.2 Å². The molecule has 4 aromatic rings. The molecule has 0 spiro atoms. The van der Waals surface area contributed by atoms with Gasteiger partial charge < -0.3 is 20.6 Å². The minimum atomic E-state index is -3.75. The zero-order valence-corrected chi connectivity index (χ0v) is 21.1. The lowest BCUT2D eigenvalue weighted by atomic mass is 10.2.